The van der Waals surface area contributed by atoms with Crippen molar-refractivity contribution in [2.75, 3.05) is 59.7 Å². The van der Waals surface area contributed by atoms with Crippen LogP contribution in [-0.4, -0.2) is 83.4 Å². The van der Waals surface area contributed by atoms with Gasteiger partial charge in [0.15, 0.2) is 7.36 Å². The molecule has 0 N–H and O–H groups in total. The maximum atomic E-state index is 11.6. The highest BCUT2D eigenvalue weighted by molar-refractivity contribution is 7.69. The summed E-state index contributed by atoms with van der Waals surface area (Å²) in [4.78, 5) is 16.1. The molecule has 0 amide bonds. The molecule has 2 fully saturated rings. The van der Waals surface area contributed by atoms with Crippen molar-refractivity contribution in [2.45, 2.75) is 6.92 Å². The van der Waals surface area contributed by atoms with Gasteiger partial charge in [-0.05, 0) is 25.1 Å². The van der Waals surface area contributed by atoms with Gasteiger partial charge in [0.2, 0.25) is 0 Å². The van der Waals surface area contributed by atoms with E-state index >= 15 is 0 Å². The maximum absolute atomic E-state index is 11.6. The zero-order valence-electron chi connectivity index (χ0n) is 19.9. The largest absolute Gasteiger partial charge is 0.494 e. The Morgan fingerprint density at radius 3 is 2.31 bits per heavy atom. The molecule has 0 spiro atoms. The van der Waals surface area contributed by atoms with Crippen LogP contribution in [0, 0.1) is 17.0 Å². The summed E-state index contributed by atoms with van der Waals surface area (Å²) in [5.41, 5.74) is 3.16. The lowest BCUT2D eigenvalue weighted by Crippen LogP contribution is -2.47. The van der Waals surface area contributed by atoms with E-state index in [2.05, 4.69) is 13.7 Å². The number of nitrogens with zero attached hydrogens (tertiary/aromatic N) is 6. The van der Waals surface area contributed by atoms with Crippen LogP contribution in [0.4, 0.5) is 11.4 Å². The molecule has 2 aromatic heterocycles. The molecule has 3 aromatic rings. The first kappa shape index (κ1) is 23.9. The van der Waals surface area contributed by atoms with Crippen LogP contribution in [0.25, 0.3) is 5.65 Å². The van der Waals surface area contributed by atoms with Crippen molar-refractivity contribution >= 4 is 29.8 Å². The van der Waals surface area contributed by atoms with Crippen molar-refractivity contribution in [1.29, 1.82) is 0 Å². The molecule has 2 saturated heterocycles. The first-order valence-corrected chi connectivity index (χ1v) is 13.2. The van der Waals surface area contributed by atoms with E-state index in [-0.39, 0.29) is 5.69 Å². The van der Waals surface area contributed by atoms with Crippen LogP contribution in [0.2, 0.25) is 0 Å². The van der Waals surface area contributed by atoms with Crippen LogP contribution in [0.5, 0.6) is 5.75 Å². The number of methoxy groups -OCH3 is 1. The van der Waals surface area contributed by atoms with Gasteiger partial charge in [-0.1, -0.05) is 6.07 Å². The number of nitro benzene ring substituents is 1. The number of imidazole rings is 1. The van der Waals surface area contributed by atoms with E-state index < -0.39 is 12.3 Å². The van der Waals surface area contributed by atoms with Crippen LogP contribution in [0.15, 0.2) is 47.3 Å². The Kier molecular flexibility index (Phi) is 6.86. The van der Waals surface area contributed by atoms with E-state index in [1.165, 1.54) is 12.1 Å². The molecule has 0 unspecified atom stereocenters. The number of nitro groups is 1. The minimum Gasteiger partial charge on any atom is -0.494 e. The minimum absolute atomic E-state index is 0.0264. The molecule has 0 aliphatic carbocycles. The first-order valence-electron chi connectivity index (χ1n) is 11.6. The van der Waals surface area contributed by atoms with Gasteiger partial charge in [0.25, 0.3) is 5.69 Å². The van der Waals surface area contributed by atoms with Gasteiger partial charge < -0.3 is 14.2 Å². The molecule has 2 aliphatic rings. The SMILES string of the molecule is COc1ccc([N+](=O)[O-])cc1N=P(c1c(C)nc2ccccn12)(N1CCOCC1)N1CCOCC1. The predicted octanol–water partition coefficient (Wildman–Crippen LogP) is 3.21. The van der Waals surface area contributed by atoms with Crippen molar-refractivity contribution in [1.82, 2.24) is 18.7 Å². The fourth-order valence-corrected chi connectivity index (χ4v) is 8.85. The highest BCUT2D eigenvalue weighted by Crippen LogP contribution is 2.59. The van der Waals surface area contributed by atoms with Crippen molar-refractivity contribution in [2.24, 2.45) is 4.74 Å². The van der Waals surface area contributed by atoms with Gasteiger partial charge in [-0.2, -0.15) is 0 Å². The predicted molar refractivity (Wildman–Crippen MR) is 133 cm³/mol. The topological polar surface area (TPSA) is 107 Å². The summed E-state index contributed by atoms with van der Waals surface area (Å²) in [6, 6.07) is 10.5. The standard InChI is InChI=1S/C23H29N6O5P/c1-18-23(28-8-4-3-5-22(28)24-18)35(26-9-13-33-14-10-26,27-11-15-34-16-12-27)25-20-17-19(29(30)31)6-7-21(20)32-2/h3-8,17H,9-16H2,1-2H3. The summed E-state index contributed by atoms with van der Waals surface area (Å²) in [6.45, 7) is 7.10. The third-order valence-electron chi connectivity index (χ3n) is 6.34. The average molecular weight is 500 g/mol. The molecule has 186 valence electrons. The number of hydrogen-bond donors (Lipinski definition) is 0. The van der Waals surface area contributed by atoms with E-state index in [0.717, 1.165) is 16.8 Å². The van der Waals surface area contributed by atoms with Crippen molar-refractivity contribution in [3.8, 4) is 5.75 Å². The summed E-state index contributed by atoms with van der Waals surface area (Å²) in [6.07, 6.45) is 2.01. The molecular formula is C23H29N6O5P. The molecule has 35 heavy (non-hydrogen) atoms. The summed E-state index contributed by atoms with van der Waals surface area (Å²) >= 11 is 0. The fraction of sp³-hybridized carbons (Fsp3) is 0.435. The normalized spacial score (nSPS) is 18.0. The van der Waals surface area contributed by atoms with Gasteiger partial charge >= 0.3 is 0 Å². The maximum Gasteiger partial charge on any atom is 0.271 e. The van der Waals surface area contributed by atoms with Crippen LogP contribution >= 0.6 is 7.36 Å². The number of pyridine rings is 1. The lowest BCUT2D eigenvalue weighted by molar-refractivity contribution is -0.384. The highest BCUT2D eigenvalue weighted by atomic mass is 31.2. The number of rotatable bonds is 6. The molecule has 4 heterocycles. The molecule has 2 aliphatic heterocycles. The second-order valence-electron chi connectivity index (χ2n) is 8.36. The zero-order chi connectivity index (χ0) is 24.4. The van der Waals surface area contributed by atoms with Gasteiger partial charge in [-0.15, -0.1) is 0 Å². The van der Waals surface area contributed by atoms with Gasteiger partial charge in [0.1, 0.15) is 22.5 Å². The van der Waals surface area contributed by atoms with Crippen molar-refractivity contribution in [3.05, 3.63) is 58.4 Å². The van der Waals surface area contributed by atoms with Gasteiger partial charge in [-0.3, -0.25) is 14.5 Å². The number of non-ortho nitro benzene ring substituents is 1. The summed E-state index contributed by atoms with van der Waals surface area (Å²) in [5.74, 6) is 0.493. The zero-order valence-corrected chi connectivity index (χ0v) is 20.8. The van der Waals surface area contributed by atoms with E-state index in [9.17, 15) is 10.1 Å². The third kappa shape index (κ3) is 4.34. The van der Waals surface area contributed by atoms with E-state index in [1.54, 1.807) is 13.2 Å². The number of ether oxygens (including phenoxy) is 3. The van der Waals surface area contributed by atoms with Gasteiger partial charge in [0.05, 0.1) is 44.2 Å². The molecular weight excluding hydrogens is 471 g/mol. The Morgan fingerprint density at radius 2 is 1.71 bits per heavy atom. The number of aromatic nitrogens is 2. The smallest absolute Gasteiger partial charge is 0.271 e. The van der Waals surface area contributed by atoms with E-state index in [0.29, 0.717) is 64.0 Å². The van der Waals surface area contributed by atoms with Crippen LogP contribution < -0.4 is 10.2 Å². The number of morpholine rings is 2. The highest BCUT2D eigenvalue weighted by Gasteiger charge is 2.42. The van der Waals surface area contributed by atoms with Crippen LogP contribution in [0.3, 0.4) is 0 Å². The number of fused-ring (bicyclic) bond motifs is 1. The van der Waals surface area contributed by atoms with Crippen molar-refractivity contribution in [3.63, 3.8) is 0 Å². The Morgan fingerprint density at radius 1 is 1.06 bits per heavy atom. The lowest BCUT2D eigenvalue weighted by atomic mass is 10.2. The van der Waals surface area contributed by atoms with E-state index in [4.69, 9.17) is 23.9 Å². The monoisotopic (exact) mass is 500 g/mol. The molecule has 0 bridgehead atoms. The second kappa shape index (κ2) is 10.0. The third-order valence-corrected chi connectivity index (χ3v) is 10.3. The number of aryl methyl sites for hydroxylation is 1. The Hall–Kier alpha value is -2.82. The van der Waals surface area contributed by atoms with Crippen molar-refractivity contribution < 1.29 is 19.1 Å². The van der Waals surface area contributed by atoms with Crippen LogP contribution in [0.1, 0.15) is 5.69 Å². The molecule has 0 saturated carbocycles. The lowest BCUT2D eigenvalue weighted by Gasteiger charge is -2.46. The summed E-state index contributed by atoms with van der Waals surface area (Å²) < 4.78 is 29.4. The summed E-state index contributed by atoms with van der Waals surface area (Å²) in [5, 5.41) is 11.6. The molecule has 1 aromatic carbocycles. The Balaban J connectivity index is 1.88. The van der Waals surface area contributed by atoms with Crippen LogP contribution in [-0.2, 0) is 9.47 Å². The molecule has 0 atom stereocenters. The van der Waals surface area contributed by atoms with Gasteiger partial charge in [-0.25, -0.2) is 19.1 Å². The Bertz CT molecular complexity index is 1260. The number of benzene rings is 1. The molecule has 5 rings (SSSR count). The minimum atomic E-state index is -2.72. The molecule has 0 radical (unpaired) electrons. The summed E-state index contributed by atoms with van der Waals surface area (Å²) in [7, 11) is -1.16. The second-order valence-corrected chi connectivity index (χ2v) is 11.3. The molecule has 12 heteroatoms. The molecule has 11 nitrogen and oxygen atoms in total. The average Bonchev–Trinajstić information content (AvgIpc) is 3.24. The fourth-order valence-electron chi connectivity index (χ4n) is 4.77. The first-order chi connectivity index (χ1) is 17.0. The number of hydrogen-bond acceptors (Lipinski definition) is 7. The Labute approximate surface area is 203 Å². The van der Waals surface area contributed by atoms with E-state index in [1.807, 2.05) is 31.3 Å². The quantitative estimate of drug-likeness (QED) is 0.289. The van der Waals surface area contributed by atoms with Gasteiger partial charge in [0, 0.05) is 44.5 Å².